The van der Waals surface area contributed by atoms with Crippen LogP contribution in [-0.4, -0.2) is 29.0 Å². The maximum absolute atomic E-state index is 9.66. The standard InChI is InChI=1S/C9H19NO2/c10-8(6-11)9(12)7-4-2-1-3-5-7/h7-9,11-12H,1-6,10H2/t8-,9-/m1/s1. The van der Waals surface area contributed by atoms with Crippen molar-refractivity contribution < 1.29 is 10.2 Å². The van der Waals surface area contributed by atoms with Crippen LogP contribution in [0, 0.1) is 5.92 Å². The number of nitrogens with two attached hydrogens (primary N) is 1. The summed E-state index contributed by atoms with van der Waals surface area (Å²) in [4.78, 5) is 0. The first kappa shape index (κ1) is 9.96. The normalized spacial score (nSPS) is 25.2. The molecule has 1 aliphatic rings. The summed E-state index contributed by atoms with van der Waals surface area (Å²) in [5, 5.41) is 18.4. The Balaban J connectivity index is 2.33. The van der Waals surface area contributed by atoms with Gasteiger partial charge in [-0.25, -0.2) is 0 Å². The Labute approximate surface area is 73.6 Å². The summed E-state index contributed by atoms with van der Waals surface area (Å²) in [5.74, 6) is 0.320. The van der Waals surface area contributed by atoms with E-state index in [0.29, 0.717) is 5.92 Å². The Hall–Kier alpha value is -0.120. The summed E-state index contributed by atoms with van der Waals surface area (Å²) in [7, 11) is 0. The third kappa shape index (κ3) is 2.44. The van der Waals surface area contributed by atoms with Gasteiger partial charge in [0.2, 0.25) is 0 Å². The zero-order valence-corrected chi connectivity index (χ0v) is 7.45. The summed E-state index contributed by atoms with van der Waals surface area (Å²) in [6.45, 7) is -0.113. The van der Waals surface area contributed by atoms with Gasteiger partial charge in [0.15, 0.2) is 0 Å². The van der Waals surface area contributed by atoms with Crippen molar-refractivity contribution in [2.45, 2.75) is 44.2 Å². The van der Waals surface area contributed by atoms with Crippen LogP contribution in [0.3, 0.4) is 0 Å². The van der Waals surface area contributed by atoms with E-state index in [-0.39, 0.29) is 6.61 Å². The molecule has 2 atom stereocenters. The van der Waals surface area contributed by atoms with Gasteiger partial charge < -0.3 is 15.9 Å². The van der Waals surface area contributed by atoms with E-state index in [1.807, 2.05) is 0 Å². The van der Waals surface area contributed by atoms with E-state index in [4.69, 9.17) is 10.8 Å². The minimum absolute atomic E-state index is 0.113. The lowest BCUT2D eigenvalue weighted by Gasteiger charge is -2.29. The molecule has 72 valence electrons. The van der Waals surface area contributed by atoms with Crippen molar-refractivity contribution in [3.63, 3.8) is 0 Å². The largest absolute Gasteiger partial charge is 0.395 e. The maximum Gasteiger partial charge on any atom is 0.0741 e. The maximum atomic E-state index is 9.66. The van der Waals surface area contributed by atoms with Crippen molar-refractivity contribution in [1.82, 2.24) is 0 Å². The van der Waals surface area contributed by atoms with Gasteiger partial charge in [-0.1, -0.05) is 19.3 Å². The lowest BCUT2D eigenvalue weighted by molar-refractivity contribution is 0.0428. The van der Waals surface area contributed by atoms with Crippen molar-refractivity contribution >= 4 is 0 Å². The Morgan fingerprint density at radius 3 is 2.33 bits per heavy atom. The van der Waals surface area contributed by atoms with Gasteiger partial charge in [-0.05, 0) is 18.8 Å². The Morgan fingerprint density at radius 1 is 1.25 bits per heavy atom. The van der Waals surface area contributed by atoms with Crippen LogP contribution in [0.15, 0.2) is 0 Å². The highest BCUT2D eigenvalue weighted by atomic mass is 16.3. The van der Waals surface area contributed by atoms with Crippen LogP contribution in [0.5, 0.6) is 0 Å². The Kier molecular flexibility index (Phi) is 3.98. The molecule has 0 unspecified atom stereocenters. The molecule has 1 aliphatic carbocycles. The van der Waals surface area contributed by atoms with Gasteiger partial charge in [0.05, 0.1) is 18.8 Å². The quantitative estimate of drug-likeness (QED) is 0.573. The second kappa shape index (κ2) is 4.80. The third-order valence-corrected chi connectivity index (χ3v) is 2.78. The van der Waals surface area contributed by atoms with Gasteiger partial charge in [0.25, 0.3) is 0 Å². The number of aliphatic hydroxyl groups is 2. The van der Waals surface area contributed by atoms with Gasteiger partial charge >= 0.3 is 0 Å². The lowest BCUT2D eigenvalue weighted by atomic mass is 9.83. The molecule has 0 saturated heterocycles. The van der Waals surface area contributed by atoms with Crippen LogP contribution in [0.25, 0.3) is 0 Å². The fourth-order valence-corrected chi connectivity index (χ4v) is 1.93. The molecule has 0 spiro atoms. The lowest BCUT2D eigenvalue weighted by Crippen LogP contribution is -2.43. The molecule has 0 amide bonds. The zero-order chi connectivity index (χ0) is 8.97. The fraction of sp³-hybridized carbons (Fsp3) is 1.00. The highest BCUT2D eigenvalue weighted by molar-refractivity contribution is 4.80. The molecule has 0 aliphatic heterocycles. The molecule has 0 bridgehead atoms. The first-order valence-corrected chi connectivity index (χ1v) is 4.80. The van der Waals surface area contributed by atoms with Crippen LogP contribution in [0.2, 0.25) is 0 Å². The van der Waals surface area contributed by atoms with E-state index >= 15 is 0 Å². The Morgan fingerprint density at radius 2 is 1.83 bits per heavy atom. The van der Waals surface area contributed by atoms with E-state index in [0.717, 1.165) is 12.8 Å². The molecule has 0 aromatic carbocycles. The molecule has 1 saturated carbocycles. The van der Waals surface area contributed by atoms with Crippen LogP contribution in [0.1, 0.15) is 32.1 Å². The average Bonchev–Trinajstić information content (AvgIpc) is 2.17. The monoisotopic (exact) mass is 173 g/mol. The molecule has 0 heterocycles. The second-order valence-corrected chi connectivity index (χ2v) is 3.74. The van der Waals surface area contributed by atoms with E-state index in [1.165, 1.54) is 19.3 Å². The number of rotatable bonds is 3. The van der Waals surface area contributed by atoms with Crippen molar-refractivity contribution in [3.05, 3.63) is 0 Å². The van der Waals surface area contributed by atoms with Crippen LogP contribution in [0.4, 0.5) is 0 Å². The summed E-state index contributed by atoms with van der Waals surface area (Å²) < 4.78 is 0. The molecule has 12 heavy (non-hydrogen) atoms. The topological polar surface area (TPSA) is 66.5 Å². The highest BCUT2D eigenvalue weighted by Gasteiger charge is 2.25. The van der Waals surface area contributed by atoms with Crippen molar-refractivity contribution in [2.75, 3.05) is 6.61 Å². The van der Waals surface area contributed by atoms with Gasteiger partial charge in [0.1, 0.15) is 0 Å². The van der Waals surface area contributed by atoms with Gasteiger partial charge in [-0.2, -0.15) is 0 Å². The van der Waals surface area contributed by atoms with Gasteiger partial charge in [0, 0.05) is 0 Å². The van der Waals surface area contributed by atoms with E-state index in [1.54, 1.807) is 0 Å². The SMILES string of the molecule is N[C@H](CO)[C@H](O)C1CCCCC1. The highest BCUT2D eigenvalue weighted by Crippen LogP contribution is 2.27. The van der Waals surface area contributed by atoms with E-state index in [2.05, 4.69) is 0 Å². The number of hydrogen-bond donors (Lipinski definition) is 3. The van der Waals surface area contributed by atoms with Gasteiger partial charge in [-0.15, -0.1) is 0 Å². The molecular formula is C9H19NO2. The minimum Gasteiger partial charge on any atom is -0.395 e. The van der Waals surface area contributed by atoms with Crippen molar-refractivity contribution in [1.29, 1.82) is 0 Å². The van der Waals surface area contributed by atoms with Gasteiger partial charge in [-0.3, -0.25) is 0 Å². The average molecular weight is 173 g/mol. The molecule has 3 nitrogen and oxygen atoms in total. The minimum atomic E-state index is -0.504. The summed E-state index contributed by atoms with van der Waals surface area (Å²) >= 11 is 0. The third-order valence-electron chi connectivity index (χ3n) is 2.78. The van der Waals surface area contributed by atoms with Crippen LogP contribution in [-0.2, 0) is 0 Å². The molecule has 3 heteroatoms. The molecular weight excluding hydrogens is 154 g/mol. The van der Waals surface area contributed by atoms with Crippen LogP contribution >= 0.6 is 0 Å². The first-order valence-electron chi connectivity index (χ1n) is 4.80. The second-order valence-electron chi connectivity index (χ2n) is 3.74. The smallest absolute Gasteiger partial charge is 0.0741 e. The van der Waals surface area contributed by atoms with Crippen LogP contribution < -0.4 is 5.73 Å². The zero-order valence-electron chi connectivity index (χ0n) is 7.45. The molecule has 1 rings (SSSR count). The summed E-state index contributed by atoms with van der Waals surface area (Å²) in [6, 6.07) is -0.451. The molecule has 0 aromatic heterocycles. The molecule has 4 N–H and O–H groups in total. The molecule has 0 radical (unpaired) electrons. The van der Waals surface area contributed by atoms with E-state index < -0.39 is 12.1 Å². The Bertz CT molecular complexity index is 124. The molecule has 0 aromatic rings. The predicted molar refractivity (Wildman–Crippen MR) is 47.6 cm³/mol. The molecule has 1 fully saturated rings. The predicted octanol–water partition coefficient (Wildman–Crippen LogP) is 0.247. The summed E-state index contributed by atoms with van der Waals surface area (Å²) in [5.41, 5.74) is 5.55. The number of aliphatic hydroxyl groups excluding tert-OH is 2. The van der Waals surface area contributed by atoms with Crippen molar-refractivity contribution in [3.8, 4) is 0 Å². The van der Waals surface area contributed by atoms with E-state index in [9.17, 15) is 5.11 Å². The number of hydrogen-bond acceptors (Lipinski definition) is 3. The fourth-order valence-electron chi connectivity index (χ4n) is 1.93. The van der Waals surface area contributed by atoms with Crippen molar-refractivity contribution in [2.24, 2.45) is 11.7 Å². The summed E-state index contributed by atoms with van der Waals surface area (Å²) in [6.07, 6.45) is 5.29. The first-order chi connectivity index (χ1) is 5.75.